The number of carbonyl (C=O) groups excluding carboxylic acids is 1. The van der Waals surface area contributed by atoms with Gasteiger partial charge in [0, 0.05) is 18.8 Å². The van der Waals surface area contributed by atoms with Crippen molar-refractivity contribution in [3.8, 4) is 0 Å². The highest BCUT2D eigenvalue weighted by Gasteiger charge is 2.36. The number of rotatable bonds is 2. The van der Waals surface area contributed by atoms with Crippen LogP contribution in [0.25, 0.3) is 0 Å². The Morgan fingerprint density at radius 3 is 2.31 bits per heavy atom. The fourth-order valence-corrected chi connectivity index (χ4v) is 2.32. The molecule has 1 fully saturated rings. The van der Waals surface area contributed by atoms with Crippen molar-refractivity contribution >= 4 is 5.78 Å². The van der Waals surface area contributed by atoms with E-state index in [4.69, 9.17) is 5.73 Å². The van der Waals surface area contributed by atoms with Crippen LogP contribution in [-0.2, 0) is 10.5 Å². The van der Waals surface area contributed by atoms with Crippen molar-refractivity contribution in [3.05, 3.63) is 35.9 Å². The first-order valence-corrected chi connectivity index (χ1v) is 5.69. The number of Topliss-reactive ketones (excluding diaryl/α,β-unsaturated/α-hetero) is 1. The van der Waals surface area contributed by atoms with Gasteiger partial charge in [0.05, 0.1) is 0 Å². The smallest absolute Gasteiger partial charge is 0.142 e. The normalized spacial score (nSPS) is 21.8. The van der Waals surface area contributed by atoms with Gasteiger partial charge in [-0.2, -0.15) is 0 Å². The Morgan fingerprint density at radius 2 is 1.75 bits per heavy atom. The van der Waals surface area contributed by atoms with Crippen molar-refractivity contribution in [2.24, 2.45) is 11.7 Å². The number of ketones is 1. The third-order valence-corrected chi connectivity index (χ3v) is 3.40. The Bertz CT molecular complexity index is 363. The van der Waals surface area contributed by atoms with Gasteiger partial charge in [-0.1, -0.05) is 30.3 Å². The first kappa shape index (κ1) is 11.3. The van der Waals surface area contributed by atoms with E-state index in [0.717, 1.165) is 5.56 Å². The second-order valence-electron chi connectivity index (χ2n) is 4.50. The lowest BCUT2D eigenvalue weighted by molar-refractivity contribution is -0.123. The van der Waals surface area contributed by atoms with E-state index in [1.807, 2.05) is 30.3 Å². The zero-order valence-electron chi connectivity index (χ0n) is 9.23. The van der Waals surface area contributed by atoms with Gasteiger partial charge in [0.1, 0.15) is 11.5 Å². The van der Waals surface area contributed by atoms with E-state index in [1.165, 1.54) is 0 Å². The van der Waals surface area contributed by atoms with E-state index in [2.05, 4.69) is 0 Å². The Balaban J connectivity index is 2.16. The summed E-state index contributed by atoms with van der Waals surface area (Å²) in [5.41, 5.74) is 5.43. The van der Waals surface area contributed by atoms with Crippen LogP contribution in [0.3, 0.4) is 0 Å². The molecule has 3 nitrogen and oxygen atoms in total. The lowest BCUT2D eigenvalue weighted by atomic mass is 9.78. The zero-order valence-corrected chi connectivity index (χ0v) is 9.23. The van der Waals surface area contributed by atoms with E-state index in [1.54, 1.807) is 0 Å². The van der Waals surface area contributed by atoms with E-state index >= 15 is 0 Å². The molecule has 1 aliphatic carbocycles. The Labute approximate surface area is 95.3 Å². The summed E-state index contributed by atoms with van der Waals surface area (Å²) in [5, 5.41) is 10.4. The fraction of sp³-hybridized carbons (Fsp3) is 0.462. The molecule has 0 amide bonds. The zero-order chi connectivity index (χ0) is 11.6. The highest BCUT2D eigenvalue weighted by Crippen LogP contribution is 2.34. The molecule has 1 aromatic rings. The molecule has 0 radical (unpaired) electrons. The Morgan fingerprint density at radius 1 is 1.19 bits per heavy atom. The maximum Gasteiger partial charge on any atom is 0.142 e. The summed E-state index contributed by atoms with van der Waals surface area (Å²) >= 11 is 0. The topological polar surface area (TPSA) is 63.3 Å². The summed E-state index contributed by atoms with van der Waals surface area (Å²) in [7, 11) is 0. The summed E-state index contributed by atoms with van der Waals surface area (Å²) in [6.07, 6.45) is 2.44. The summed E-state index contributed by atoms with van der Waals surface area (Å²) in [4.78, 5) is 11.1. The second kappa shape index (κ2) is 4.36. The van der Waals surface area contributed by atoms with Gasteiger partial charge in [0.2, 0.25) is 0 Å². The van der Waals surface area contributed by atoms with E-state index < -0.39 is 5.72 Å². The minimum absolute atomic E-state index is 0.0207. The molecular weight excluding hydrogens is 202 g/mol. The van der Waals surface area contributed by atoms with Gasteiger partial charge < -0.3 is 5.11 Å². The van der Waals surface area contributed by atoms with Crippen LogP contribution < -0.4 is 5.73 Å². The van der Waals surface area contributed by atoms with Crippen LogP contribution in [0.2, 0.25) is 0 Å². The van der Waals surface area contributed by atoms with E-state index in [0.29, 0.717) is 25.7 Å². The van der Waals surface area contributed by atoms with Crippen LogP contribution in [0.15, 0.2) is 30.3 Å². The minimum atomic E-state index is -1.30. The molecule has 0 bridgehead atoms. The second-order valence-corrected chi connectivity index (χ2v) is 4.50. The van der Waals surface area contributed by atoms with Crippen molar-refractivity contribution in [2.75, 3.05) is 0 Å². The molecule has 1 saturated carbocycles. The number of nitrogens with two attached hydrogens (primary N) is 1. The highest BCUT2D eigenvalue weighted by molar-refractivity contribution is 5.79. The molecule has 1 unspecified atom stereocenters. The molecule has 0 spiro atoms. The van der Waals surface area contributed by atoms with Crippen molar-refractivity contribution < 1.29 is 9.90 Å². The van der Waals surface area contributed by atoms with E-state index in [-0.39, 0.29) is 11.7 Å². The molecule has 86 valence electrons. The molecule has 0 saturated heterocycles. The van der Waals surface area contributed by atoms with Crippen LogP contribution >= 0.6 is 0 Å². The minimum Gasteiger partial charge on any atom is -0.371 e. The molecule has 0 heterocycles. The number of hydrogen-bond acceptors (Lipinski definition) is 3. The van der Waals surface area contributed by atoms with Crippen molar-refractivity contribution in [3.63, 3.8) is 0 Å². The number of aliphatic hydroxyl groups is 1. The highest BCUT2D eigenvalue weighted by atomic mass is 16.3. The molecule has 1 aliphatic rings. The van der Waals surface area contributed by atoms with Crippen LogP contribution in [0.4, 0.5) is 0 Å². The summed E-state index contributed by atoms with van der Waals surface area (Å²) < 4.78 is 0. The van der Waals surface area contributed by atoms with Gasteiger partial charge in [-0.15, -0.1) is 0 Å². The van der Waals surface area contributed by atoms with Gasteiger partial charge in [-0.05, 0) is 18.4 Å². The lowest BCUT2D eigenvalue weighted by Gasteiger charge is -2.35. The van der Waals surface area contributed by atoms with Crippen LogP contribution in [0.5, 0.6) is 0 Å². The molecule has 2 rings (SSSR count). The SMILES string of the molecule is NC(O)(c1ccccc1)C1CCC(=O)CC1. The number of hydrogen-bond donors (Lipinski definition) is 2. The maximum atomic E-state index is 11.1. The summed E-state index contributed by atoms with van der Waals surface area (Å²) in [6.45, 7) is 0. The third kappa shape index (κ3) is 2.15. The molecular formula is C13H17NO2. The van der Waals surface area contributed by atoms with Crippen molar-refractivity contribution in [1.82, 2.24) is 0 Å². The Kier molecular flexibility index (Phi) is 3.08. The molecule has 1 atom stereocenters. The predicted octanol–water partition coefficient (Wildman–Crippen LogP) is 1.55. The molecule has 16 heavy (non-hydrogen) atoms. The predicted molar refractivity (Wildman–Crippen MR) is 61.5 cm³/mol. The number of carbonyl (C=O) groups is 1. The summed E-state index contributed by atoms with van der Waals surface area (Å²) in [5.74, 6) is 0.257. The molecule has 0 aliphatic heterocycles. The lowest BCUT2D eigenvalue weighted by Crippen LogP contribution is -2.45. The van der Waals surface area contributed by atoms with Gasteiger partial charge >= 0.3 is 0 Å². The molecule has 3 heteroatoms. The number of benzene rings is 1. The van der Waals surface area contributed by atoms with Gasteiger partial charge in [0.15, 0.2) is 0 Å². The first-order chi connectivity index (χ1) is 7.60. The standard InChI is InChI=1S/C13H17NO2/c14-13(16,10-4-2-1-3-5-10)11-6-8-12(15)9-7-11/h1-5,11,16H,6-9,14H2. The maximum absolute atomic E-state index is 11.1. The molecule has 3 N–H and O–H groups in total. The van der Waals surface area contributed by atoms with Crippen LogP contribution in [-0.4, -0.2) is 10.9 Å². The van der Waals surface area contributed by atoms with Crippen molar-refractivity contribution in [1.29, 1.82) is 0 Å². The van der Waals surface area contributed by atoms with E-state index in [9.17, 15) is 9.90 Å². The monoisotopic (exact) mass is 219 g/mol. The van der Waals surface area contributed by atoms with Crippen LogP contribution in [0.1, 0.15) is 31.2 Å². The third-order valence-electron chi connectivity index (χ3n) is 3.40. The average molecular weight is 219 g/mol. The first-order valence-electron chi connectivity index (χ1n) is 5.69. The van der Waals surface area contributed by atoms with Gasteiger partial charge in [-0.25, -0.2) is 0 Å². The quantitative estimate of drug-likeness (QED) is 0.742. The van der Waals surface area contributed by atoms with Crippen molar-refractivity contribution in [2.45, 2.75) is 31.4 Å². The molecule has 0 aromatic heterocycles. The van der Waals surface area contributed by atoms with Gasteiger partial charge in [0.25, 0.3) is 0 Å². The Hall–Kier alpha value is -1.19. The summed E-state index contributed by atoms with van der Waals surface area (Å²) in [6, 6.07) is 9.28. The van der Waals surface area contributed by atoms with Gasteiger partial charge in [-0.3, -0.25) is 10.5 Å². The largest absolute Gasteiger partial charge is 0.371 e. The molecule has 1 aromatic carbocycles. The average Bonchev–Trinajstić information content (AvgIpc) is 2.31. The van der Waals surface area contributed by atoms with Crippen LogP contribution in [0, 0.1) is 5.92 Å². The fourth-order valence-electron chi connectivity index (χ4n) is 2.32.